The summed E-state index contributed by atoms with van der Waals surface area (Å²) in [7, 11) is -7.58. The van der Waals surface area contributed by atoms with E-state index in [1.54, 1.807) is 0 Å². The molecule has 20 heteroatoms. The third-order valence-electron chi connectivity index (χ3n) is 4.57. The summed E-state index contributed by atoms with van der Waals surface area (Å²) in [6, 6.07) is 4.22. The summed E-state index contributed by atoms with van der Waals surface area (Å²) in [5.74, 6) is -1.01. The normalized spacial score (nSPS) is 11.9. The lowest BCUT2D eigenvalue weighted by atomic mass is 10.1. The Morgan fingerprint density at radius 2 is 1.44 bits per heavy atom. The molecule has 0 bridgehead atoms. The van der Waals surface area contributed by atoms with Gasteiger partial charge >= 0.3 is 10.4 Å². The molecular formula is C21H24N8O10S2. The zero-order valence-corrected chi connectivity index (χ0v) is 23.3. The van der Waals surface area contributed by atoms with Gasteiger partial charge in [-0.2, -0.15) is 0 Å². The highest BCUT2D eigenvalue weighted by atomic mass is 32.2. The maximum atomic E-state index is 12.4. The first-order valence-electron chi connectivity index (χ1n) is 11.5. The second kappa shape index (κ2) is 14.3. The molecule has 220 valence electrons. The average Bonchev–Trinajstić information content (AvgIpc) is 3.60. The molecule has 0 aliphatic rings. The van der Waals surface area contributed by atoms with Crippen molar-refractivity contribution in [1.82, 2.24) is 20.4 Å². The van der Waals surface area contributed by atoms with Gasteiger partial charge < -0.3 is 28.4 Å². The zero-order valence-electron chi connectivity index (χ0n) is 21.7. The van der Waals surface area contributed by atoms with Gasteiger partial charge in [-0.1, -0.05) is 15.3 Å². The van der Waals surface area contributed by atoms with Crippen LogP contribution in [-0.4, -0.2) is 95.2 Å². The molecule has 0 aliphatic carbocycles. The van der Waals surface area contributed by atoms with Crippen LogP contribution in [0.3, 0.4) is 0 Å². The fourth-order valence-electron chi connectivity index (χ4n) is 2.84. The summed E-state index contributed by atoms with van der Waals surface area (Å²) in [6.45, 7) is 1.54. The molecule has 2 heterocycles. The topological polar surface area (TPSA) is 252 Å². The number of ether oxygens (including phenoxy) is 3. The molecule has 0 saturated heterocycles. The summed E-state index contributed by atoms with van der Waals surface area (Å²) in [5, 5.41) is 19.1. The number of carbonyl (C=O) groups is 1. The van der Waals surface area contributed by atoms with E-state index in [9.17, 15) is 21.6 Å². The van der Waals surface area contributed by atoms with Crippen LogP contribution in [0.5, 0.6) is 0 Å². The van der Waals surface area contributed by atoms with Gasteiger partial charge in [-0.15, -0.1) is 10.2 Å². The minimum atomic E-state index is -3.79. The third kappa shape index (κ3) is 9.96. The number of carbonyl (C=O) groups excluding carboxylic acids is 1. The number of sulfone groups is 2. The summed E-state index contributed by atoms with van der Waals surface area (Å²) in [6.07, 6.45) is 4.05. The molecule has 0 atom stereocenters. The lowest BCUT2D eigenvalue weighted by Gasteiger charge is -2.07. The first kappa shape index (κ1) is 31.2. The van der Waals surface area contributed by atoms with E-state index in [4.69, 9.17) is 28.6 Å². The molecule has 2 aromatic heterocycles. The molecule has 3 aromatic rings. The predicted octanol–water partition coefficient (Wildman–Crippen LogP) is 1.41. The fraction of sp³-hybridized carbons (Fsp3) is 0.381. The molecule has 41 heavy (non-hydrogen) atoms. The van der Waals surface area contributed by atoms with Gasteiger partial charge in [-0.3, -0.25) is 4.79 Å². The highest BCUT2D eigenvalue weighted by Crippen LogP contribution is 2.30. The molecule has 3 rings (SSSR count). The smallest absolute Gasteiger partial charge is 0.335 e. The van der Waals surface area contributed by atoms with Crippen LogP contribution in [0.1, 0.15) is 0 Å². The SMILES string of the molecule is CS(=O)(=O)c1nnc(-c2cc(NC(=O)C=COCCOCCOCCN=[N+]=[N-])cc(-c3nnc(S(C)(=O)=O)o3)c2)o1. The molecule has 18 nitrogen and oxygen atoms in total. The van der Waals surface area contributed by atoms with Crippen LogP contribution in [0.4, 0.5) is 5.69 Å². The highest BCUT2D eigenvalue weighted by Gasteiger charge is 2.21. The molecule has 1 aromatic carbocycles. The minimum absolute atomic E-state index is 0.155. The summed E-state index contributed by atoms with van der Waals surface area (Å²) in [4.78, 5) is 15.0. The number of rotatable bonds is 16. The number of benzene rings is 1. The van der Waals surface area contributed by atoms with E-state index in [-0.39, 0.29) is 48.4 Å². The number of amides is 1. The Morgan fingerprint density at radius 3 is 1.95 bits per heavy atom. The quantitative estimate of drug-likeness (QED) is 0.0599. The van der Waals surface area contributed by atoms with Crippen molar-refractivity contribution in [2.24, 2.45) is 5.11 Å². The van der Waals surface area contributed by atoms with Gasteiger partial charge in [0.15, 0.2) is 0 Å². The Bertz CT molecular complexity index is 1550. The largest absolute Gasteiger partial charge is 0.499 e. The van der Waals surface area contributed by atoms with Gasteiger partial charge in [0, 0.05) is 46.9 Å². The van der Waals surface area contributed by atoms with Crippen LogP contribution in [0.15, 0.2) is 54.9 Å². The molecule has 0 saturated carbocycles. The lowest BCUT2D eigenvalue weighted by Crippen LogP contribution is -2.10. The Balaban J connectivity index is 1.65. The number of hydrogen-bond donors (Lipinski definition) is 1. The van der Waals surface area contributed by atoms with Crippen molar-refractivity contribution < 1.29 is 44.7 Å². The number of anilines is 1. The number of hydrogen-bond acceptors (Lipinski definition) is 15. The van der Waals surface area contributed by atoms with E-state index >= 15 is 0 Å². The van der Waals surface area contributed by atoms with Crippen LogP contribution in [0, 0.1) is 0 Å². The number of azide groups is 1. The standard InChI is InChI=1S/C21H24N8O10S2/c1-40(31,32)20-27-25-18(38-20)14-11-15(19-26-28-21(39-19)41(2,33)34)13-16(12-14)24-17(30)3-5-35-7-9-37-10-8-36-6-4-23-29-22/h3,5,11-13H,4,6-10H2,1-2H3,(H,24,30). The van der Waals surface area contributed by atoms with Crippen molar-refractivity contribution >= 4 is 31.3 Å². The second-order valence-electron chi connectivity index (χ2n) is 7.93. The average molecular weight is 613 g/mol. The number of nitrogens with zero attached hydrogens (tertiary/aromatic N) is 7. The molecule has 0 aliphatic heterocycles. The minimum Gasteiger partial charge on any atom is -0.499 e. The van der Waals surface area contributed by atoms with Gasteiger partial charge in [0.2, 0.25) is 31.5 Å². The van der Waals surface area contributed by atoms with Crippen molar-refractivity contribution in [3.63, 3.8) is 0 Å². The molecule has 0 radical (unpaired) electrons. The van der Waals surface area contributed by atoms with E-state index in [1.165, 1.54) is 18.2 Å². The molecule has 0 fully saturated rings. The van der Waals surface area contributed by atoms with Crippen molar-refractivity contribution in [2.75, 3.05) is 57.4 Å². The van der Waals surface area contributed by atoms with Crippen LogP contribution in [0.2, 0.25) is 0 Å². The maximum absolute atomic E-state index is 12.4. The second-order valence-corrected chi connectivity index (χ2v) is 11.7. The monoisotopic (exact) mass is 612 g/mol. The molecule has 1 N–H and O–H groups in total. The van der Waals surface area contributed by atoms with E-state index in [1.807, 2.05) is 0 Å². The van der Waals surface area contributed by atoms with Crippen molar-refractivity contribution in [1.29, 1.82) is 0 Å². The van der Waals surface area contributed by atoms with E-state index in [0.29, 0.717) is 19.8 Å². The van der Waals surface area contributed by atoms with Gasteiger partial charge in [-0.25, -0.2) is 16.8 Å². The van der Waals surface area contributed by atoms with E-state index < -0.39 is 36.0 Å². The first-order chi connectivity index (χ1) is 19.5. The van der Waals surface area contributed by atoms with E-state index in [0.717, 1.165) is 24.8 Å². The highest BCUT2D eigenvalue weighted by molar-refractivity contribution is 7.90. The molecular weight excluding hydrogens is 588 g/mol. The molecule has 1 amide bonds. The van der Waals surface area contributed by atoms with Crippen LogP contribution in [0.25, 0.3) is 33.4 Å². The van der Waals surface area contributed by atoms with Gasteiger partial charge in [0.25, 0.3) is 5.91 Å². The van der Waals surface area contributed by atoms with Crippen LogP contribution < -0.4 is 5.32 Å². The van der Waals surface area contributed by atoms with Crippen molar-refractivity contribution in [2.45, 2.75) is 10.4 Å². The predicted molar refractivity (Wildman–Crippen MR) is 139 cm³/mol. The summed E-state index contributed by atoms with van der Waals surface area (Å²) >= 11 is 0. The lowest BCUT2D eigenvalue weighted by molar-refractivity contribution is -0.112. The van der Waals surface area contributed by atoms with Gasteiger partial charge in [0.05, 0.1) is 32.7 Å². The number of aromatic nitrogens is 4. The summed E-state index contributed by atoms with van der Waals surface area (Å²) in [5.41, 5.74) is 8.65. The Kier molecular flexibility index (Phi) is 10.9. The molecule has 0 spiro atoms. The van der Waals surface area contributed by atoms with E-state index in [2.05, 4.69) is 35.7 Å². The van der Waals surface area contributed by atoms with Gasteiger partial charge in [-0.05, 0) is 23.7 Å². The summed E-state index contributed by atoms with van der Waals surface area (Å²) < 4.78 is 73.1. The number of nitrogens with one attached hydrogen (secondary N) is 1. The van der Waals surface area contributed by atoms with Crippen LogP contribution in [-0.2, 0) is 38.7 Å². The third-order valence-corrected chi connectivity index (χ3v) is 6.17. The maximum Gasteiger partial charge on any atom is 0.335 e. The van der Waals surface area contributed by atoms with Gasteiger partial charge in [0.1, 0.15) is 6.61 Å². The fourth-order valence-corrected chi connectivity index (χ4v) is 3.68. The van der Waals surface area contributed by atoms with Crippen molar-refractivity contribution in [3.05, 3.63) is 41.0 Å². The van der Waals surface area contributed by atoms with Crippen molar-refractivity contribution in [3.8, 4) is 22.9 Å². The molecule has 0 unspecified atom stereocenters. The van der Waals surface area contributed by atoms with Crippen LogP contribution >= 0.6 is 0 Å². The first-order valence-corrected chi connectivity index (χ1v) is 15.2. The Labute approximate surface area is 233 Å². The Morgan fingerprint density at radius 1 is 0.902 bits per heavy atom. The Hall–Kier alpha value is -4.36. The zero-order chi connectivity index (χ0) is 29.9.